The van der Waals surface area contributed by atoms with Crippen molar-refractivity contribution in [3.63, 3.8) is 0 Å². The maximum absolute atomic E-state index is 12.4. The fourth-order valence-corrected chi connectivity index (χ4v) is 2.85. The highest BCUT2D eigenvalue weighted by atomic mass is 16.5. The van der Waals surface area contributed by atoms with Crippen LogP contribution in [0.5, 0.6) is 0 Å². The van der Waals surface area contributed by atoms with Gasteiger partial charge in [-0.2, -0.15) is 0 Å². The SMILES string of the molecule is CCCn1c(N)c(C(=O)COC(=O)c2cccc3cccnc23)c(=O)[nH]c1=O. The predicted molar refractivity (Wildman–Crippen MR) is 102 cm³/mol. The summed E-state index contributed by atoms with van der Waals surface area (Å²) in [5.74, 6) is -1.80. The van der Waals surface area contributed by atoms with Crippen LogP contribution in [-0.2, 0) is 11.3 Å². The molecule has 0 fully saturated rings. The molecule has 0 saturated heterocycles. The lowest BCUT2D eigenvalue weighted by molar-refractivity contribution is 0.0476. The third kappa shape index (κ3) is 3.54. The van der Waals surface area contributed by atoms with Gasteiger partial charge in [0.05, 0.1) is 11.1 Å². The van der Waals surface area contributed by atoms with Crippen molar-refractivity contribution in [3.05, 3.63) is 68.5 Å². The molecule has 1 aromatic carbocycles. The smallest absolute Gasteiger partial charge is 0.340 e. The summed E-state index contributed by atoms with van der Waals surface area (Å²) < 4.78 is 6.17. The van der Waals surface area contributed by atoms with Gasteiger partial charge >= 0.3 is 11.7 Å². The fraction of sp³-hybridized carbons (Fsp3) is 0.211. The van der Waals surface area contributed by atoms with Gasteiger partial charge in [-0.1, -0.05) is 25.1 Å². The van der Waals surface area contributed by atoms with Crippen LogP contribution >= 0.6 is 0 Å². The van der Waals surface area contributed by atoms with Crippen LogP contribution in [0.25, 0.3) is 10.9 Å². The number of aromatic nitrogens is 3. The summed E-state index contributed by atoms with van der Waals surface area (Å²) in [4.78, 5) is 54.9. The first-order valence-corrected chi connectivity index (χ1v) is 8.60. The van der Waals surface area contributed by atoms with Crippen molar-refractivity contribution < 1.29 is 14.3 Å². The number of ketones is 1. The van der Waals surface area contributed by atoms with Crippen LogP contribution in [0.3, 0.4) is 0 Å². The minimum absolute atomic E-state index is 0.198. The van der Waals surface area contributed by atoms with Gasteiger partial charge in [-0.25, -0.2) is 9.59 Å². The molecule has 0 atom stereocenters. The van der Waals surface area contributed by atoms with Crippen molar-refractivity contribution >= 4 is 28.5 Å². The minimum atomic E-state index is -0.914. The van der Waals surface area contributed by atoms with E-state index in [4.69, 9.17) is 10.5 Å². The summed E-state index contributed by atoms with van der Waals surface area (Å²) in [5, 5.41) is 0.746. The number of para-hydroxylation sites is 1. The van der Waals surface area contributed by atoms with Gasteiger partial charge in [0.25, 0.3) is 5.56 Å². The highest BCUT2D eigenvalue weighted by molar-refractivity contribution is 6.05. The Hall–Kier alpha value is -3.75. The highest BCUT2D eigenvalue weighted by Gasteiger charge is 2.21. The first-order chi connectivity index (χ1) is 13.4. The Balaban J connectivity index is 1.84. The van der Waals surface area contributed by atoms with Crippen LogP contribution in [0.2, 0.25) is 0 Å². The average Bonchev–Trinajstić information content (AvgIpc) is 2.68. The number of ether oxygens (including phenoxy) is 1. The number of nitrogens with zero attached hydrogens (tertiary/aromatic N) is 2. The van der Waals surface area contributed by atoms with E-state index in [9.17, 15) is 19.2 Å². The van der Waals surface area contributed by atoms with Crippen molar-refractivity contribution in [2.75, 3.05) is 12.3 Å². The van der Waals surface area contributed by atoms with Crippen molar-refractivity contribution in [3.8, 4) is 0 Å². The Bertz CT molecular complexity index is 1170. The van der Waals surface area contributed by atoms with Gasteiger partial charge in [0.15, 0.2) is 6.61 Å². The van der Waals surface area contributed by atoms with Crippen LogP contribution in [0.1, 0.15) is 34.1 Å². The number of rotatable bonds is 6. The Labute approximate surface area is 158 Å². The summed E-state index contributed by atoms with van der Waals surface area (Å²) in [6, 6.07) is 8.53. The van der Waals surface area contributed by atoms with Crippen molar-refractivity contribution in [1.29, 1.82) is 0 Å². The second kappa shape index (κ2) is 7.87. The van der Waals surface area contributed by atoms with E-state index in [2.05, 4.69) is 9.97 Å². The molecule has 2 heterocycles. The molecular formula is C19H18N4O5. The molecule has 3 rings (SSSR count). The topological polar surface area (TPSA) is 137 Å². The number of Topliss-reactive ketones (excluding diaryl/α,β-unsaturated/α-hetero) is 1. The van der Waals surface area contributed by atoms with E-state index < -0.39 is 35.2 Å². The van der Waals surface area contributed by atoms with Gasteiger partial charge in [-0.05, 0) is 18.6 Å². The van der Waals surface area contributed by atoms with E-state index in [1.807, 2.05) is 6.92 Å². The number of nitrogen functional groups attached to an aromatic ring is 1. The third-order valence-electron chi connectivity index (χ3n) is 4.15. The fourth-order valence-electron chi connectivity index (χ4n) is 2.85. The standard InChI is InChI=1S/C19H18N4O5/c1-2-9-23-16(20)14(17(25)22-19(23)27)13(24)10-28-18(26)12-7-3-5-11-6-4-8-21-15(11)12/h3-8H,2,9-10,20H2,1H3,(H,22,25,27). The number of anilines is 1. The van der Waals surface area contributed by atoms with Gasteiger partial charge in [-0.3, -0.25) is 24.1 Å². The molecule has 0 spiro atoms. The maximum Gasteiger partial charge on any atom is 0.340 e. The average molecular weight is 382 g/mol. The molecule has 0 unspecified atom stereocenters. The van der Waals surface area contributed by atoms with Crippen LogP contribution in [0.4, 0.5) is 5.82 Å². The number of carbonyl (C=O) groups excluding carboxylic acids is 2. The Kier molecular flexibility index (Phi) is 5.35. The van der Waals surface area contributed by atoms with Crippen molar-refractivity contribution in [1.82, 2.24) is 14.5 Å². The summed E-state index contributed by atoms with van der Waals surface area (Å²) >= 11 is 0. The van der Waals surface area contributed by atoms with Crippen LogP contribution in [0.15, 0.2) is 46.1 Å². The monoisotopic (exact) mass is 382 g/mol. The van der Waals surface area contributed by atoms with Crippen molar-refractivity contribution in [2.24, 2.45) is 0 Å². The molecule has 144 valence electrons. The van der Waals surface area contributed by atoms with E-state index in [1.54, 1.807) is 30.5 Å². The maximum atomic E-state index is 12.4. The Morgan fingerprint density at radius 2 is 1.96 bits per heavy atom. The molecule has 28 heavy (non-hydrogen) atoms. The summed E-state index contributed by atoms with van der Waals surface area (Å²) in [7, 11) is 0. The normalized spacial score (nSPS) is 10.8. The molecule has 3 aromatic rings. The molecular weight excluding hydrogens is 364 g/mol. The second-order valence-electron chi connectivity index (χ2n) is 6.05. The number of hydrogen-bond donors (Lipinski definition) is 2. The largest absolute Gasteiger partial charge is 0.454 e. The molecule has 0 radical (unpaired) electrons. The Morgan fingerprint density at radius 1 is 1.21 bits per heavy atom. The third-order valence-corrected chi connectivity index (χ3v) is 4.15. The summed E-state index contributed by atoms with van der Waals surface area (Å²) in [6.45, 7) is 1.36. The van der Waals surface area contributed by atoms with E-state index in [0.717, 1.165) is 9.95 Å². The number of carbonyl (C=O) groups is 2. The molecule has 3 N–H and O–H groups in total. The number of esters is 1. The molecule has 0 bridgehead atoms. The number of pyridine rings is 1. The molecule has 0 amide bonds. The first-order valence-electron chi connectivity index (χ1n) is 8.60. The molecule has 9 heteroatoms. The number of H-pyrrole nitrogens is 1. The van der Waals surface area contributed by atoms with Gasteiger partial charge < -0.3 is 10.5 Å². The van der Waals surface area contributed by atoms with Crippen LogP contribution < -0.4 is 17.0 Å². The summed E-state index contributed by atoms with van der Waals surface area (Å²) in [6.07, 6.45) is 2.12. The van der Waals surface area contributed by atoms with Gasteiger partial charge in [0, 0.05) is 18.1 Å². The zero-order valence-electron chi connectivity index (χ0n) is 15.1. The quantitative estimate of drug-likeness (QED) is 0.481. The number of hydrogen-bond acceptors (Lipinski definition) is 7. The predicted octanol–water partition coefficient (Wildman–Crippen LogP) is 1.12. The molecule has 2 aromatic heterocycles. The minimum Gasteiger partial charge on any atom is -0.454 e. The van der Waals surface area contributed by atoms with Crippen molar-refractivity contribution in [2.45, 2.75) is 19.9 Å². The van der Waals surface area contributed by atoms with Gasteiger partial charge in [0.1, 0.15) is 11.4 Å². The molecule has 0 aliphatic carbocycles. The number of benzene rings is 1. The molecule has 0 aliphatic heterocycles. The first kappa shape index (κ1) is 19.0. The van der Waals surface area contributed by atoms with Gasteiger partial charge in [-0.15, -0.1) is 0 Å². The number of nitrogens with two attached hydrogens (primary N) is 1. The zero-order chi connectivity index (χ0) is 20.3. The molecule has 0 saturated carbocycles. The second-order valence-corrected chi connectivity index (χ2v) is 6.05. The lowest BCUT2D eigenvalue weighted by Crippen LogP contribution is -2.37. The lowest BCUT2D eigenvalue weighted by atomic mass is 10.1. The highest BCUT2D eigenvalue weighted by Crippen LogP contribution is 2.17. The lowest BCUT2D eigenvalue weighted by Gasteiger charge is -2.11. The van der Waals surface area contributed by atoms with E-state index in [-0.39, 0.29) is 17.9 Å². The van der Waals surface area contributed by atoms with E-state index in [0.29, 0.717) is 11.9 Å². The Morgan fingerprint density at radius 3 is 2.71 bits per heavy atom. The molecule has 9 nitrogen and oxygen atoms in total. The number of nitrogens with one attached hydrogen (secondary N) is 1. The van der Waals surface area contributed by atoms with E-state index in [1.165, 1.54) is 6.07 Å². The van der Waals surface area contributed by atoms with Crippen LogP contribution in [-0.4, -0.2) is 32.9 Å². The number of fused-ring (bicyclic) bond motifs is 1. The van der Waals surface area contributed by atoms with E-state index >= 15 is 0 Å². The summed E-state index contributed by atoms with van der Waals surface area (Å²) in [5.41, 5.74) is 4.46. The zero-order valence-corrected chi connectivity index (χ0v) is 15.1. The molecule has 0 aliphatic rings. The van der Waals surface area contributed by atoms with Gasteiger partial charge in [0.2, 0.25) is 5.78 Å². The van der Waals surface area contributed by atoms with Crippen LogP contribution in [0, 0.1) is 0 Å². The number of aromatic amines is 1.